The van der Waals surface area contributed by atoms with Gasteiger partial charge in [0.05, 0.1) is 12.1 Å². The van der Waals surface area contributed by atoms with Gasteiger partial charge in [0.1, 0.15) is 0 Å². The van der Waals surface area contributed by atoms with Crippen LogP contribution in [0.4, 0.5) is 0 Å². The molecule has 1 aromatic rings. The molecule has 0 radical (unpaired) electrons. The molecule has 0 amide bonds. The number of phenolic OH excluding ortho intramolecular Hbond substituents is 1. The molecule has 1 N–H and O–H groups in total. The smallest absolute Gasteiger partial charge is 0.176 e. The van der Waals surface area contributed by atoms with E-state index in [1.54, 1.807) is 12.1 Å². The van der Waals surface area contributed by atoms with Crippen LogP contribution in [0.15, 0.2) is 12.1 Å². The maximum Gasteiger partial charge on any atom is 0.176 e. The largest absolute Gasteiger partial charge is 0.503 e. The van der Waals surface area contributed by atoms with E-state index in [1.165, 1.54) is 7.11 Å². The van der Waals surface area contributed by atoms with Crippen LogP contribution in [0.1, 0.15) is 5.56 Å². The average Bonchev–Trinajstić information content (AvgIpc) is 2.09. The number of halogens is 2. The van der Waals surface area contributed by atoms with Gasteiger partial charge in [-0.2, -0.15) is 0 Å². The normalized spacial score (nSPS) is 9.92. The molecule has 12 heavy (non-hydrogen) atoms. The molecular weight excluding hydrogens is 199 g/mol. The van der Waals surface area contributed by atoms with Crippen molar-refractivity contribution in [3.05, 3.63) is 22.7 Å². The van der Waals surface area contributed by atoms with E-state index in [1.807, 2.05) is 0 Å². The highest BCUT2D eigenvalue weighted by Gasteiger charge is 2.07. The molecule has 0 atom stereocenters. The molecule has 0 saturated heterocycles. The Bertz CT molecular complexity index is 287. The number of benzene rings is 1. The van der Waals surface area contributed by atoms with E-state index in [0.717, 1.165) is 5.56 Å². The van der Waals surface area contributed by atoms with Crippen LogP contribution in [0.3, 0.4) is 0 Å². The molecule has 0 aliphatic carbocycles. The van der Waals surface area contributed by atoms with Crippen molar-refractivity contribution in [2.24, 2.45) is 0 Å². The Labute approximate surface area is 80.7 Å². The summed E-state index contributed by atoms with van der Waals surface area (Å²) in [7, 11) is 1.46. The number of rotatable bonds is 2. The summed E-state index contributed by atoms with van der Waals surface area (Å²) in [6.07, 6.45) is 0. The second kappa shape index (κ2) is 3.87. The summed E-state index contributed by atoms with van der Waals surface area (Å²) >= 11 is 11.3. The number of alkyl halides is 1. The average molecular weight is 207 g/mol. The number of hydrogen-bond acceptors (Lipinski definition) is 2. The van der Waals surface area contributed by atoms with Crippen LogP contribution in [0, 0.1) is 0 Å². The number of aromatic hydroxyl groups is 1. The summed E-state index contributed by atoms with van der Waals surface area (Å²) in [5, 5.41) is 9.57. The van der Waals surface area contributed by atoms with Crippen molar-refractivity contribution in [2.75, 3.05) is 7.11 Å². The van der Waals surface area contributed by atoms with Gasteiger partial charge in [-0.1, -0.05) is 11.6 Å². The molecular formula is C8H8Cl2O2. The van der Waals surface area contributed by atoms with E-state index >= 15 is 0 Å². The first kappa shape index (κ1) is 9.49. The second-order valence-electron chi connectivity index (χ2n) is 2.26. The molecule has 66 valence electrons. The third-order valence-corrected chi connectivity index (χ3v) is 2.06. The number of methoxy groups -OCH3 is 1. The molecule has 0 spiro atoms. The Morgan fingerprint density at radius 1 is 1.50 bits per heavy atom. The Morgan fingerprint density at radius 2 is 2.17 bits per heavy atom. The van der Waals surface area contributed by atoms with Crippen molar-refractivity contribution in [3.63, 3.8) is 0 Å². The molecule has 0 aromatic heterocycles. The summed E-state index contributed by atoms with van der Waals surface area (Å²) in [6.45, 7) is 0. The predicted octanol–water partition coefficient (Wildman–Crippen LogP) is 2.79. The van der Waals surface area contributed by atoms with E-state index in [0.29, 0.717) is 11.6 Å². The maximum absolute atomic E-state index is 9.32. The fraction of sp³-hybridized carbons (Fsp3) is 0.250. The van der Waals surface area contributed by atoms with Crippen LogP contribution in [0.25, 0.3) is 0 Å². The lowest BCUT2D eigenvalue weighted by molar-refractivity contribution is 0.373. The van der Waals surface area contributed by atoms with Gasteiger partial charge in [-0.25, -0.2) is 0 Å². The zero-order valence-corrected chi connectivity index (χ0v) is 7.99. The zero-order chi connectivity index (χ0) is 9.14. The van der Waals surface area contributed by atoms with Gasteiger partial charge >= 0.3 is 0 Å². The molecule has 1 aromatic carbocycles. The lowest BCUT2D eigenvalue weighted by Gasteiger charge is -2.06. The van der Waals surface area contributed by atoms with Crippen LogP contribution in [0.2, 0.25) is 5.02 Å². The van der Waals surface area contributed by atoms with Crippen LogP contribution < -0.4 is 4.74 Å². The monoisotopic (exact) mass is 206 g/mol. The molecule has 0 aliphatic heterocycles. The van der Waals surface area contributed by atoms with Gasteiger partial charge < -0.3 is 9.84 Å². The molecule has 0 heterocycles. The summed E-state index contributed by atoms with van der Waals surface area (Å²) < 4.78 is 4.88. The highest BCUT2D eigenvalue weighted by molar-refractivity contribution is 6.32. The Kier molecular flexibility index (Phi) is 3.06. The lowest BCUT2D eigenvalue weighted by atomic mass is 10.2. The molecule has 0 unspecified atom stereocenters. The molecule has 0 fully saturated rings. The third-order valence-electron chi connectivity index (χ3n) is 1.46. The first-order valence-electron chi connectivity index (χ1n) is 3.30. The number of hydrogen-bond donors (Lipinski definition) is 1. The van der Waals surface area contributed by atoms with Crippen molar-refractivity contribution in [1.82, 2.24) is 0 Å². The van der Waals surface area contributed by atoms with Gasteiger partial charge in [-0.05, 0) is 17.7 Å². The first-order chi connectivity index (χ1) is 5.69. The Morgan fingerprint density at radius 3 is 2.67 bits per heavy atom. The minimum absolute atomic E-state index is 0.0481. The fourth-order valence-corrected chi connectivity index (χ4v) is 1.25. The number of ether oxygens (including phenoxy) is 1. The number of phenols is 1. The zero-order valence-electron chi connectivity index (χ0n) is 6.47. The minimum Gasteiger partial charge on any atom is -0.503 e. The van der Waals surface area contributed by atoms with Crippen molar-refractivity contribution in [3.8, 4) is 11.5 Å². The van der Waals surface area contributed by atoms with E-state index in [-0.39, 0.29) is 10.8 Å². The van der Waals surface area contributed by atoms with Gasteiger partial charge in [0.2, 0.25) is 0 Å². The van der Waals surface area contributed by atoms with Gasteiger partial charge in [0.15, 0.2) is 11.5 Å². The van der Waals surface area contributed by atoms with E-state index in [4.69, 9.17) is 27.9 Å². The molecule has 4 heteroatoms. The van der Waals surface area contributed by atoms with E-state index < -0.39 is 0 Å². The SMILES string of the molecule is COc1cc(CCl)cc(Cl)c1O. The molecule has 2 nitrogen and oxygen atoms in total. The standard InChI is InChI=1S/C8H8Cl2O2/c1-12-7-3-5(4-9)2-6(10)8(7)11/h2-3,11H,4H2,1H3. The third kappa shape index (κ3) is 1.76. The van der Waals surface area contributed by atoms with E-state index in [9.17, 15) is 5.11 Å². The highest BCUT2D eigenvalue weighted by atomic mass is 35.5. The van der Waals surface area contributed by atoms with Gasteiger partial charge in [0.25, 0.3) is 0 Å². The van der Waals surface area contributed by atoms with Crippen LogP contribution in [0.5, 0.6) is 11.5 Å². The molecule has 0 saturated carbocycles. The van der Waals surface area contributed by atoms with Crippen molar-refractivity contribution in [1.29, 1.82) is 0 Å². The van der Waals surface area contributed by atoms with Crippen molar-refractivity contribution in [2.45, 2.75) is 5.88 Å². The summed E-state index contributed by atoms with van der Waals surface area (Å²) in [5.74, 6) is 0.641. The fourth-order valence-electron chi connectivity index (χ4n) is 0.860. The topological polar surface area (TPSA) is 29.5 Å². The summed E-state index contributed by atoms with van der Waals surface area (Å²) in [6, 6.07) is 3.25. The van der Waals surface area contributed by atoms with Crippen molar-refractivity contribution < 1.29 is 9.84 Å². The second-order valence-corrected chi connectivity index (χ2v) is 2.94. The molecule has 1 rings (SSSR count). The van der Waals surface area contributed by atoms with Crippen LogP contribution >= 0.6 is 23.2 Å². The predicted molar refractivity (Wildman–Crippen MR) is 49.2 cm³/mol. The Hall–Kier alpha value is -0.600. The Balaban J connectivity index is 3.19. The quantitative estimate of drug-likeness (QED) is 0.755. The summed E-state index contributed by atoms with van der Waals surface area (Å²) in [5.41, 5.74) is 0.816. The lowest BCUT2D eigenvalue weighted by Crippen LogP contribution is -1.86. The molecule has 0 aliphatic rings. The van der Waals surface area contributed by atoms with Gasteiger partial charge in [-0.15, -0.1) is 11.6 Å². The van der Waals surface area contributed by atoms with Crippen LogP contribution in [-0.2, 0) is 5.88 Å². The molecule has 0 bridgehead atoms. The van der Waals surface area contributed by atoms with Crippen molar-refractivity contribution >= 4 is 23.2 Å². The summed E-state index contributed by atoms with van der Waals surface area (Å²) in [4.78, 5) is 0. The first-order valence-corrected chi connectivity index (χ1v) is 4.21. The maximum atomic E-state index is 9.32. The highest BCUT2D eigenvalue weighted by Crippen LogP contribution is 2.35. The van der Waals surface area contributed by atoms with Gasteiger partial charge in [-0.3, -0.25) is 0 Å². The van der Waals surface area contributed by atoms with Gasteiger partial charge in [0, 0.05) is 5.88 Å². The van der Waals surface area contributed by atoms with Crippen LogP contribution in [-0.4, -0.2) is 12.2 Å². The van der Waals surface area contributed by atoms with E-state index in [2.05, 4.69) is 0 Å². The minimum atomic E-state index is -0.0481.